The number of nitrogens with zero attached hydrogens (tertiary/aromatic N) is 3. The van der Waals surface area contributed by atoms with Crippen molar-refractivity contribution in [2.24, 2.45) is 0 Å². The molecule has 1 amide bonds. The van der Waals surface area contributed by atoms with Gasteiger partial charge < -0.3 is 5.32 Å². The zero-order valence-corrected chi connectivity index (χ0v) is 16.9. The van der Waals surface area contributed by atoms with E-state index in [1.54, 1.807) is 60.8 Å². The van der Waals surface area contributed by atoms with Gasteiger partial charge in [-0.3, -0.25) is 14.9 Å². The summed E-state index contributed by atoms with van der Waals surface area (Å²) in [5.74, 6) is -0.630. The Morgan fingerprint density at radius 2 is 1.97 bits per heavy atom. The number of carbonyl (C=O) groups is 1. The molecule has 0 atom stereocenters. The van der Waals surface area contributed by atoms with Crippen molar-refractivity contribution in [1.29, 1.82) is 5.26 Å². The average Bonchev–Trinajstić information content (AvgIpc) is 2.75. The number of anilines is 1. The van der Waals surface area contributed by atoms with Crippen molar-refractivity contribution >= 4 is 46.7 Å². The van der Waals surface area contributed by atoms with Crippen molar-refractivity contribution in [1.82, 2.24) is 4.98 Å². The summed E-state index contributed by atoms with van der Waals surface area (Å²) >= 11 is 6.97. The van der Waals surface area contributed by atoms with Gasteiger partial charge in [-0.1, -0.05) is 35.5 Å². The molecule has 3 aromatic rings. The highest BCUT2D eigenvalue weighted by Crippen LogP contribution is 2.34. The Bertz CT molecular complexity index is 1160. The minimum absolute atomic E-state index is 0.144. The number of aromatic nitrogens is 1. The Morgan fingerprint density at radius 3 is 2.60 bits per heavy atom. The smallest absolute Gasteiger partial charge is 0.283 e. The van der Waals surface area contributed by atoms with Gasteiger partial charge in [-0.25, -0.2) is 4.98 Å². The van der Waals surface area contributed by atoms with Crippen LogP contribution in [0, 0.1) is 21.4 Å². The third-order valence-electron chi connectivity index (χ3n) is 3.81. The fraction of sp³-hybridized carbons (Fsp3) is 0. The fourth-order valence-corrected chi connectivity index (χ4v) is 3.41. The maximum atomic E-state index is 12.4. The average molecular weight is 437 g/mol. The molecule has 3 rings (SSSR count). The van der Waals surface area contributed by atoms with Gasteiger partial charge in [-0.15, -0.1) is 0 Å². The number of amides is 1. The Kier molecular flexibility index (Phi) is 6.80. The number of nitro groups is 1. The normalized spacial score (nSPS) is 10.9. The topological polar surface area (TPSA) is 109 Å². The summed E-state index contributed by atoms with van der Waals surface area (Å²) in [7, 11) is 0. The van der Waals surface area contributed by atoms with Gasteiger partial charge in [-0.2, -0.15) is 5.26 Å². The van der Waals surface area contributed by atoms with Crippen LogP contribution in [0.15, 0.2) is 82.4 Å². The van der Waals surface area contributed by atoms with Gasteiger partial charge in [0.2, 0.25) is 0 Å². The quantitative estimate of drug-likeness (QED) is 0.242. The van der Waals surface area contributed by atoms with E-state index in [-0.39, 0.29) is 11.3 Å². The second-order valence-corrected chi connectivity index (χ2v) is 7.38. The van der Waals surface area contributed by atoms with Crippen LogP contribution in [0.2, 0.25) is 5.02 Å². The molecule has 0 bridgehead atoms. The number of halogens is 1. The molecular weight excluding hydrogens is 424 g/mol. The van der Waals surface area contributed by atoms with Crippen molar-refractivity contribution in [3.05, 3.63) is 93.1 Å². The molecule has 1 aromatic heterocycles. The van der Waals surface area contributed by atoms with Crippen LogP contribution in [0.5, 0.6) is 0 Å². The lowest BCUT2D eigenvalue weighted by molar-refractivity contribution is -0.387. The SMILES string of the molecule is N#C/C(=C\c1ccc(Sc2ccccn2)c([N+](=O)[O-])c1)C(=O)Nc1ccc(Cl)cc1. The number of hydrogen-bond donors (Lipinski definition) is 1. The Labute approximate surface area is 181 Å². The van der Waals surface area contributed by atoms with E-state index in [9.17, 15) is 20.2 Å². The minimum Gasteiger partial charge on any atom is -0.321 e. The molecule has 0 aliphatic heterocycles. The highest BCUT2D eigenvalue weighted by Gasteiger charge is 2.17. The molecule has 0 saturated heterocycles. The first-order valence-corrected chi connectivity index (χ1v) is 9.72. The Balaban J connectivity index is 1.86. The second kappa shape index (κ2) is 9.69. The maximum Gasteiger partial charge on any atom is 0.283 e. The molecule has 148 valence electrons. The molecule has 1 heterocycles. The molecule has 1 N–H and O–H groups in total. The third-order valence-corrected chi connectivity index (χ3v) is 5.08. The van der Waals surface area contributed by atoms with Gasteiger partial charge in [0.05, 0.1) is 9.82 Å². The van der Waals surface area contributed by atoms with Crippen molar-refractivity contribution in [2.45, 2.75) is 9.92 Å². The van der Waals surface area contributed by atoms with Gasteiger partial charge in [0.1, 0.15) is 16.7 Å². The van der Waals surface area contributed by atoms with E-state index < -0.39 is 10.8 Å². The first-order valence-electron chi connectivity index (χ1n) is 8.52. The van der Waals surface area contributed by atoms with Gasteiger partial charge in [0.25, 0.3) is 11.6 Å². The highest BCUT2D eigenvalue weighted by molar-refractivity contribution is 7.99. The van der Waals surface area contributed by atoms with Gasteiger partial charge in [0, 0.05) is 23.0 Å². The predicted molar refractivity (Wildman–Crippen MR) is 115 cm³/mol. The van der Waals surface area contributed by atoms with Crippen molar-refractivity contribution in [2.75, 3.05) is 5.32 Å². The van der Waals surface area contributed by atoms with Crippen LogP contribution in [-0.2, 0) is 4.79 Å². The van der Waals surface area contributed by atoms with Gasteiger partial charge >= 0.3 is 0 Å². The number of nitriles is 1. The first kappa shape index (κ1) is 21.0. The molecule has 9 heteroatoms. The molecule has 7 nitrogen and oxygen atoms in total. The van der Waals surface area contributed by atoms with Crippen molar-refractivity contribution < 1.29 is 9.72 Å². The van der Waals surface area contributed by atoms with Crippen LogP contribution >= 0.6 is 23.4 Å². The monoisotopic (exact) mass is 436 g/mol. The molecule has 0 aliphatic rings. The molecule has 30 heavy (non-hydrogen) atoms. The fourth-order valence-electron chi connectivity index (χ4n) is 2.42. The minimum atomic E-state index is -0.630. The van der Waals surface area contributed by atoms with Crippen molar-refractivity contribution in [3.63, 3.8) is 0 Å². The van der Waals surface area contributed by atoms with Crippen LogP contribution in [0.3, 0.4) is 0 Å². The maximum absolute atomic E-state index is 12.4. The molecular formula is C21H13ClN4O3S. The lowest BCUT2D eigenvalue weighted by Gasteiger charge is -2.06. The summed E-state index contributed by atoms with van der Waals surface area (Å²) in [4.78, 5) is 27.9. The Morgan fingerprint density at radius 1 is 1.20 bits per heavy atom. The van der Waals surface area contributed by atoms with Gasteiger partial charge in [0.15, 0.2) is 0 Å². The molecule has 0 aliphatic carbocycles. The molecule has 0 radical (unpaired) electrons. The molecule has 2 aromatic carbocycles. The number of hydrogen-bond acceptors (Lipinski definition) is 6. The highest BCUT2D eigenvalue weighted by atomic mass is 35.5. The number of carbonyl (C=O) groups excluding carboxylic acids is 1. The zero-order chi connectivity index (χ0) is 21.5. The summed E-state index contributed by atoms with van der Waals surface area (Å²) in [6, 6.07) is 18.0. The summed E-state index contributed by atoms with van der Waals surface area (Å²) in [5.41, 5.74) is 0.493. The second-order valence-electron chi connectivity index (χ2n) is 5.89. The first-order chi connectivity index (χ1) is 14.5. The van der Waals surface area contributed by atoms with E-state index in [2.05, 4.69) is 10.3 Å². The summed E-state index contributed by atoms with van der Waals surface area (Å²) in [6.45, 7) is 0. The third kappa shape index (κ3) is 5.44. The van der Waals surface area contributed by atoms with E-state index in [0.717, 1.165) is 11.8 Å². The van der Waals surface area contributed by atoms with Crippen LogP contribution in [0.4, 0.5) is 11.4 Å². The summed E-state index contributed by atoms with van der Waals surface area (Å²) in [5, 5.41) is 24.6. The van der Waals surface area contributed by atoms with Crippen LogP contribution in [0.1, 0.15) is 5.56 Å². The van der Waals surface area contributed by atoms with E-state index in [4.69, 9.17) is 11.6 Å². The van der Waals surface area contributed by atoms with Crippen LogP contribution in [0.25, 0.3) is 6.08 Å². The molecule has 0 fully saturated rings. The number of rotatable bonds is 6. The molecule has 0 spiro atoms. The number of nitro benzene ring substituents is 1. The van der Waals surface area contributed by atoms with E-state index in [1.165, 1.54) is 12.1 Å². The van der Waals surface area contributed by atoms with E-state index in [1.807, 2.05) is 6.07 Å². The largest absolute Gasteiger partial charge is 0.321 e. The number of benzene rings is 2. The lowest BCUT2D eigenvalue weighted by atomic mass is 10.1. The molecule has 0 unspecified atom stereocenters. The van der Waals surface area contributed by atoms with Crippen LogP contribution < -0.4 is 5.32 Å². The number of nitrogens with one attached hydrogen (secondary N) is 1. The van der Waals surface area contributed by atoms with Crippen LogP contribution in [-0.4, -0.2) is 15.8 Å². The molecule has 0 saturated carbocycles. The van der Waals surface area contributed by atoms with Gasteiger partial charge in [-0.05, 0) is 54.1 Å². The lowest BCUT2D eigenvalue weighted by Crippen LogP contribution is -2.13. The summed E-state index contributed by atoms with van der Waals surface area (Å²) in [6.07, 6.45) is 2.90. The Hall–Kier alpha value is -3.67. The number of pyridine rings is 1. The van der Waals surface area contributed by atoms with E-state index >= 15 is 0 Å². The predicted octanol–water partition coefficient (Wildman–Crippen LogP) is 5.34. The van der Waals surface area contributed by atoms with Crippen molar-refractivity contribution in [3.8, 4) is 6.07 Å². The summed E-state index contributed by atoms with van der Waals surface area (Å²) < 4.78 is 0. The van der Waals surface area contributed by atoms with E-state index in [0.29, 0.717) is 26.2 Å². The standard InChI is InChI=1S/C21H13ClN4O3S/c22-16-5-7-17(8-6-16)25-21(27)15(13-23)11-14-4-9-19(18(12-14)26(28)29)30-20-3-1-2-10-24-20/h1-12H,(H,25,27)/b15-11+. The zero-order valence-electron chi connectivity index (χ0n) is 15.3.